The summed E-state index contributed by atoms with van der Waals surface area (Å²) in [5.41, 5.74) is 0.701. The minimum Gasteiger partial charge on any atom is -0.479 e. The number of ether oxygens (including phenoxy) is 1. The zero-order chi connectivity index (χ0) is 13.2. The molecule has 1 N–H and O–H groups in total. The van der Waals surface area contributed by atoms with Gasteiger partial charge in [0.25, 0.3) is 0 Å². The Morgan fingerprint density at radius 3 is 3.00 bits per heavy atom. The third-order valence-corrected chi connectivity index (χ3v) is 2.43. The third kappa shape index (κ3) is 5.35. The van der Waals surface area contributed by atoms with Gasteiger partial charge in [-0.2, -0.15) is 5.26 Å². The lowest BCUT2D eigenvalue weighted by molar-refractivity contribution is -0.116. The molecule has 1 rings (SSSR count). The zero-order valence-electron chi connectivity index (χ0n) is 10.6. The molecule has 0 aromatic heterocycles. The standard InChI is InChI=1S/C14H18N2O2/c1-2-3-4-8-14(17)16-12-6-5-7-13(11-12)18-10-9-15/h5-7,11H,2-4,8,10H2,1H3,(H,16,17). The Morgan fingerprint density at radius 1 is 1.44 bits per heavy atom. The van der Waals surface area contributed by atoms with E-state index in [9.17, 15) is 4.79 Å². The average Bonchev–Trinajstić information content (AvgIpc) is 2.37. The molecule has 0 saturated carbocycles. The molecule has 18 heavy (non-hydrogen) atoms. The first-order valence-corrected chi connectivity index (χ1v) is 6.16. The van der Waals surface area contributed by atoms with E-state index in [2.05, 4.69) is 12.2 Å². The van der Waals surface area contributed by atoms with Crippen LogP contribution in [0, 0.1) is 11.3 Å². The van der Waals surface area contributed by atoms with Crippen molar-refractivity contribution in [3.8, 4) is 11.8 Å². The van der Waals surface area contributed by atoms with Crippen molar-refractivity contribution in [3.63, 3.8) is 0 Å². The fourth-order valence-electron chi connectivity index (χ4n) is 1.54. The van der Waals surface area contributed by atoms with Crippen LogP contribution in [0.15, 0.2) is 24.3 Å². The van der Waals surface area contributed by atoms with Crippen molar-refractivity contribution in [2.24, 2.45) is 0 Å². The molecule has 1 aromatic carbocycles. The molecule has 4 heteroatoms. The predicted octanol–water partition coefficient (Wildman–Crippen LogP) is 3.11. The summed E-state index contributed by atoms with van der Waals surface area (Å²) < 4.78 is 5.16. The Hall–Kier alpha value is -2.02. The molecule has 0 atom stereocenters. The molecule has 0 radical (unpaired) electrons. The molecule has 96 valence electrons. The maximum Gasteiger partial charge on any atom is 0.224 e. The van der Waals surface area contributed by atoms with Crippen LogP contribution in [0.25, 0.3) is 0 Å². The van der Waals surface area contributed by atoms with Crippen LogP contribution in [-0.2, 0) is 4.79 Å². The number of unbranched alkanes of at least 4 members (excludes halogenated alkanes) is 2. The molecular weight excluding hydrogens is 228 g/mol. The van der Waals surface area contributed by atoms with Gasteiger partial charge in [0.05, 0.1) is 0 Å². The average molecular weight is 246 g/mol. The molecule has 0 heterocycles. The van der Waals surface area contributed by atoms with Crippen molar-refractivity contribution in [2.45, 2.75) is 32.6 Å². The van der Waals surface area contributed by atoms with Crippen molar-refractivity contribution >= 4 is 11.6 Å². The highest BCUT2D eigenvalue weighted by molar-refractivity contribution is 5.90. The van der Waals surface area contributed by atoms with Gasteiger partial charge in [-0.3, -0.25) is 4.79 Å². The smallest absolute Gasteiger partial charge is 0.224 e. The van der Waals surface area contributed by atoms with Crippen molar-refractivity contribution in [1.82, 2.24) is 0 Å². The van der Waals surface area contributed by atoms with Crippen molar-refractivity contribution in [1.29, 1.82) is 5.26 Å². The molecule has 4 nitrogen and oxygen atoms in total. The highest BCUT2D eigenvalue weighted by Gasteiger charge is 2.03. The summed E-state index contributed by atoms with van der Waals surface area (Å²) in [5, 5.41) is 11.2. The maximum atomic E-state index is 11.6. The highest BCUT2D eigenvalue weighted by Crippen LogP contribution is 2.17. The summed E-state index contributed by atoms with van der Waals surface area (Å²) in [6.07, 6.45) is 3.62. The van der Waals surface area contributed by atoms with Crippen LogP contribution in [0.1, 0.15) is 32.6 Å². The molecule has 0 fully saturated rings. The van der Waals surface area contributed by atoms with Crippen molar-refractivity contribution in [2.75, 3.05) is 11.9 Å². The van der Waals surface area contributed by atoms with E-state index in [0.29, 0.717) is 17.9 Å². The van der Waals surface area contributed by atoms with Crippen LogP contribution in [0.5, 0.6) is 5.75 Å². The first-order valence-electron chi connectivity index (χ1n) is 6.16. The number of hydrogen-bond acceptors (Lipinski definition) is 3. The number of carbonyl (C=O) groups excluding carboxylic acids is 1. The number of nitrogens with zero attached hydrogens (tertiary/aromatic N) is 1. The lowest BCUT2D eigenvalue weighted by atomic mass is 10.2. The summed E-state index contributed by atoms with van der Waals surface area (Å²) in [6.45, 7) is 2.11. The Morgan fingerprint density at radius 2 is 2.28 bits per heavy atom. The fraction of sp³-hybridized carbons (Fsp3) is 0.429. The van der Waals surface area contributed by atoms with Crippen LogP contribution in [0.3, 0.4) is 0 Å². The molecular formula is C14H18N2O2. The van der Waals surface area contributed by atoms with Crippen LogP contribution >= 0.6 is 0 Å². The van der Waals surface area contributed by atoms with E-state index < -0.39 is 0 Å². The van der Waals surface area contributed by atoms with E-state index in [1.807, 2.05) is 6.07 Å². The molecule has 0 saturated heterocycles. The molecule has 0 aliphatic rings. The second-order valence-electron chi connectivity index (χ2n) is 3.98. The molecule has 0 aliphatic carbocycles. The molecule has 0 unspecified atom stereocenters. The van der Waals surface area contributed by atoms with Crippen LogP contribution in [0.4, 0.5) is 5.69 Å². The Bertz CT molecular complexity index is 424. The number of anilines is 1. The maximum absolute atomic E-state index is 11.6. The molecule has 0 bridgehead atoms. The van der Waals surface area contributed by atoms with Crippen molar-refractivity contribution < 1.29 is 9.53 Å². The number of benzene rings is 1. The second kappa shape index (κ2) is 8.13. The number of rotatable bonds is 7. The topological polar surface area (TPSA) is 62.1 Å². The first-order chi connectivity index (χ1) is 8.76. The van der Waals surface area contributed by atoms with E-state index in [1.165, 1.54) is 0 Å². The van der Waals surface area contributed by atoms with Gasteiger partial charge >= 0.3 is 0 Å². The minimum absolute atomic E-state index is 0.00784. The predicted molar refractivity (Wildman–Crippen MR) is 70.3 cm³/mol. The zero-order valence-corrected chi connectivity index (χ0v) is 10.6. The number of amides is 1. The van der Waals surface area contributed by atoms with Crippen LogP contribution in [0.2, 0.25) is 0 Å². The number of nitrogens with one attached hydrogen (secondary N) is 1. The molecule has 1 aromatic rings. The van der Waals surface area contributed by atoms with E-state index in [1.54, 1.807) is 24.3 Å². The Kier molecular flexibility index (Phi) is 6.34. The normalized spacial score (nSPS) is 9.56. The summed E-state index contributed by atoms with van der Waals surface area (Å²) in [6, 6.07) is 8.96. The van der Waals surface area contributed by atoms with Gasteiger partial charge in [0, 0.05) is 18.2 Å². The third-order valence-electron chi connectivity index (χ3n) is 2.43. The number of nitriles is 1. The van der Waals surface area contributed by atoms with Crippen LogP contribution in [-0.4, -0.2) is 12.5 Å². The SMILES string of the molecule is CCCCCC(=O)Nc1cccc(OCC#N)c1. The fourth-order valence-corrected chi connectivity index (χ4v) is 1.54. The van der Waals surface area contributed by atoms with Gasteiger partial charge in [0.2, 0.25) is 5.91 Å². The van der Waals surface area contributed by atoms with Gasteiger partial charge in [0.15, 0.2) is 6.61 Å². The highest BCUT2D eigenvalue weighted by atomic mass is 16.5. The quantitative estimate of drug-likeness (QED) is 0.752. The second-order valence-corrected chi connectivity index (χ2v) is 3.98. The summed E-state index contributed by atoms with van der Waals surface area (Å²) in [7, 11) is 0. The van der Waals surface area contributed by atoms with E-state index >= 15 is 0 Å². The van der Waals surface area contributed by atoms with Crippen molar-refractivity contribution in [3.05, 3.63) is 24.3 Å². The summed E-state index contributed by atoms with van der Waals surface area (Å²) in [5.74, 6) is 0.601. The first kappa shape index (κ1) is 14.0. The minimum atomic E-state index is 0.00784. The molecule has 0 spiro atoms. The van der Waals surface area contributed by atoms with Gasteiger partial charge < -0.3 is 10.1 Å². The lowest BCUT2D eigenvalue weighted by Crippen LogP contribution is -2.11. The monoisotopic (exact) mass is 246 g/mol. The van der Waals surface area contributed by atoms with E-state index in [-0.39, 0.29) is 12.5 Å². The van der Waals surface area contributed by atoms with Crippen LogP contribution < -0.4 is 10.1 Å². The van der Waals surface area contributed by atoms with Gasteiger partial charge in [-0.1, -0.05) is 25.8 Å². The van der Waals surface area contributed by atoms with Gasteiger partial charge in [0.1, 0.15) is 11.8 Å². The van der Waals surface area contributed by atoms with Gasteiger partial charge in [-0.05, 0) is 18.6 Å². The van der Waals surface area contributed by atoms with E-state index in [0.717, 1.165) is 19.3 Å². The van der Waals surface area contributed by atoms with E-state index in [4.69, 9.17) is 10.00 Å². The van der Waals surface area contributed by atoms with Gasteiger partial charge in [-0.25, -0.2) is 0 Å². The lowest BCUT2D eigenvalue weighted by Gasteiger charge is -2.07. The number of hydrogen-bond donors (Lipinski definition) is 1. The summed E-state index contributed by atoms with van der Waals surface area (Å²) in [4.78, 5) is 11.6. The largest absolute Gasteiger partial charge is 0.479 e. The number of carbonyl (C=O) groups is 1. The molecule has 1 amide bonds. The van der Waals surface area contributed by atoms with Gasteiger partial charge in [-0.15, -0.1) is 0 Å². The molecule has 0 aliphatic heterocycles. The summed E-state index contributed by atoms with van der Waals surface area (Å²) >= 11 is 0. The Labute approximate surface area is 108 Å². The Balaban J connectivity index is 2.46.